The number of hydrogen-bond acceptors (Lipinski definition) is 3. The second-order valence-corrected chi connectivity index (χ2v) is 5.04. The molecule has 0 saturated heterocycles. The maximum atomic E-state index is 5.71. The zero-order valence-corrected chi connectivity index (χ0v) is 12.1. The van der Waals surface area contributed by atoms with E-state index in [1.165, 1.54) is 0 Å². The molecule has 0 saturated carbocycles. The van der Waals surface area contributed by atoms with Crippen molar-refractivity contribution >= 4 is 11.0 Å². The lowest BCUT2D eigenvalue weighted by molar-refractivity contribution is 0.746. The minimum Gasteiger partial charge on any atom is -0.327 e. The van der Waals surface area contributed by atoms with E-state index in [-0.39, 0.29) is 0 Å². The van der Waals surface area contributed by atoms with Crippen molar-refractivity contribution in [2.24, 2.45) is 19.8 Å². The maximum absolute atomic E-state index is 5.71. The largest absolute Gasteiger partial charge is 0.327 e. The molecule has 0 aliphatic carbocycles. The van der Waals surface area contributed by atoms with Crippen LogP contribution in [0.5, 0.6) is 0 Å². The maximum Gasteiger partial charge on any atom is 0.144 e. The van der Waals surface area contributed by atoms with E-state index in [9.17, 15) is 0 Å². The van der Waals surface area contributed by atoms with Crippen molar-refractivity contribution in [1.82, 2.24) is 19.3 Å². The highest BCUT2D eigenvalue weighted by Crippen LogP contribution is 2.26. The molecule has 2 aromatic heterocycles. The first-order valence-corrected chi connectivity index (χ1v) is 6.82. The van der Waals surface area contributed by atoms with E-state index in [1.54, 1.807) is 0 Å². The Morgan fingerprint density at radius 2 is 2.05 bits per heavy atom. The summed E-state index contributed by atoms with van der Waals surface area (Å²) in [6.45, 7) is 2.66. The van der Waals surface area contributed by atoms with Gasteiger partial charge in [0.05, 0.1) is 22.3 Å². The van der Waals surface area contributed by atoms with Crippen LogP contribution in [0.3, 0.4) is 0 Å². The summed E-state index contributed by atoms with van der Waals surface area (Å²) in [4.78, 5) is 4.75. The fourth-order valence-corrected chi connectivity index (χ4v) is 2.59. The van der Waals surface area contributed by atoms with Crippen LogP contribution < -0.4 is 5.73 Å². The van der Waals surface area contributed by atoms with Crippen LogP contribution in [0.2, 0.25) is 0 Å². The first-order valence-electron chi connectivity index (χ1n) is 6.82. The average Bonchev–Trinajstić information content (AvgIpc) is 2.99. The number of aromatic nitrogens is 4. The molecule has 0 aliphatic rings. The number of nitrogens with zero attached hydrogens (tertiary/aromatic N) is 4. The fourth-order valence-electron chi connectivity index (χ4n) is 2.59. The highest BCUT2D eigenvalue weighted by molar-refractivity contribution is 5.81. The van der Waals surface area contributed by atoms with E-state index in [2.05, 4.69) is 22.7 Å². The lowest BCUT2D eigenvalue weighted by atomic mass is 10.2. The number of rotatable bonds is 3. The zero-order chi connectivity index (χ0) is 14.3. The predicted molar refractivity (Wildman–Crippen MR) is 80.2 cm³/mol. The Morgan fingerprint density at radius 3 is 2.75 bits per heavy atom. The van der Waals surface area contributed by atoms with Crippen LogP contribution in [0, 0.1) is 0 Å². The van der Waals surface area contributed by atoms with Gasteiger partial charge in [0.1, 0.15) is 5.82 Å². The van der Waals surface area contributed by atoms with Crippen LogP contribution in [0.25, 0.3) is 22.4 Å². The number of benzene rings is 1. The lowest BCUT2D eigenvalue weighted by Crippen LogP contribution is -1.97. The van der Waals surface area contributed by atoms with Gasteiger partial charge < -0.3 is 10.3 Å². The second-order valence-electron chi connectivity index (χ2n) is 5.04. The van der Waals surface area contributed by atoms with Gasteiger partial charge in [-0.05, 0) is 24.1 Å². The first-order chi connectivity index (χ1) is 9.63. The van der Waals surface area contributed by atoms with Crippen molar-refractivity contribution < 1.29 is 0 Å². The van der Waals surface area contributed by atoms with Gasteiger partial charge in [0.15, 0.2) is 0 Å². The van der Waals surface area contributed by atoms with E-state index in [4.69, 9.17) is 10.7 Å². The summed E-state index contributed by atoms with van der Waals surface area (Å²) in [6, 6.07) is 6.17. The Morgan fingerprint density at radius 1 is 1.25 bits per heavy atom. The summed E-state index contributed by atoms with van der Waals surface area (Å²) in [5.41, 5.74) is 11.1. The van der Waals surface area contributed by atoms with Crippen molar-refractivity contribution in [2.75, 3.05) is 0 Å². The van der Waals surface area contributed by atoms with Gasteiger partial charge in [0.25, 0.3) is 0 Å². The number of fused-ring (bicyclic) bond motifs is 1. The van der Waals surface area contributed by atoms with Gasteiger partial charge in [0, 0.05) is 26.8 Å². The molecular weight excluding hydrogens is 250 g/mol. The molecule has 20 heavy (non-hydrogen) atoms. The summed E-state index contributed by atoms with van der Waals surface area (Å²) < 4.78 is 3.96. The van der Waals surface area contributed by atoms with Crippen LogP contribution >= 0.6 is 0 Å². The molecule has 5 heteroatoms. The van der Waals surface area contributed by atoms with Crippen molar-refractivity contribution in [3.05, 3.63) is 35.7 Å². The quantitative estimate of drug-likeness (QED) is 0.791. The third kappa shape index (κ3) is 1.91. The van der Waals surface area contributed by atoms with Crippen molar-refractivity contribution in [3.8, 4) is 11.4 Å². The van der Waals surface area contributed by atoms with Gasteiger partial charge in [-0.15, -0.1) is 0 Å². The summed E-state index contributed by atoms with van der Waals surface area (Å²) in [5.74, 6) is 0.958. The van der Waals surface area contributed by atoms with Gasteiger partial charge >= 0.3 is 0 Å². The molecule has 0 aliphatic heterocycles. The summed E-state index contributed by atoms with van der Waals surface area (Å²) in [5, 5.41) is 4.49. The molecule has 0 radical (unpaired) electrons. The van der Waals surface area contributed by atoms with Crippen LogP contribution in [-0.2, 0) is 27.1 Å². The molecule has 0 bridgehead atoms. The van der Waals surface area contributed by atoms with Crippen molar-refractivity contribution in [1.29, 1.82) is 0 Å². The van der Waals surface area contributed by atoms with Crippen LogP contribution in [0.15, 0.2) is 24.4 Å². The van der Waals surface area contributed by atoms with Gasteiger partial charge in [-0.25, -0.2) is 4.98 Å². The summed E-state index contributed by atoms with van der Waals surface area (Å²) in [6.07, 6.45) is 2.93. The monoisotopic (exact) mass is 269 g/mol. The molecular formula is C15H19N5. The molecule has 1 aromatic carbocycles. The molecule has 0 fully saturated rings. The van der Waals surface area contributed by atoms with Gasteiger partial charge in [-0.3, -0.25) is 4.68 Å². The Hall–Kier alpha value is -2.14. The molecule has 3 aromatic rings. The minimum atomic E-state index is 0.545. The van der Waals surface area contributed by atoms with Gasteiger partial charge in [0.2, 0.25) is 0 Å². The smallest absolute Gasteiger partial charge is 0.144 e. The predicted octanol–water partition coefficient (Wildman–Crippen LogP) is 1.99. The highest BCUT2D eigenvalue weighted by Gasteiger charge is 2.15. The molecule has 5 nitrogen and oxygen atoms in total. The third-order valence-corrected chi connectivity index (χ3v) is 3.66. The minimum absolute atomic E-state index is 0.545. The number of nitrogens with two attached hydrogens (primary N) is 1. The van der Waals surface area contributed by atoms with Crippen LogP contribution in [-0.4, -0.2) is 19.3 Å². The number of imidazole rings is 1. The fraction of sp³-hybridized carbons (Fsp3) is 0.333. The molecule has 2 N–H and O–H groups in total. The molecule has 0 amide bonds. The van der Waals surface area contributed by atoms with E-state index in [0.29, 0.717) is 6.54 Å². The molecule has 0 spiro atoms. The number of aryl methyl sites for hydroxylation is 3. The summed E-state index contributed by atoms with van der Waals surface area (Å²) in [7, 11) is 3.98. The van der Waals surface area contributed by atoms with Crippen molar-refractivity contribution in [2.45, 2.75) is 19.9 Å². The van der Waals surface area contributed by atoms with E-state index in [1.807, 2.05) is 37.1 Å². The Bertz CT molecular complexity index is 766. The lowest BCUT2D eigenvalue weighted by Gasteiger charge is -2.02. The second kappa shape index (κ2) is 4.76. The van der Waals surface area contributed by atoms with E-state index < -0.39 is 0 Å². The van der Waals surface area contributed by atoms with Crippen LogP contribution in [0.1, 0.15) is 18.2 Å². The Balaban J connectivity index is 2.23. The molecule has 0 atom stereocenters. The van der Waals surface area contributed by atoms with Crippen molar-refractivity contribution in [3.63, 3.8) is 0 Å². The highest BCUT2D eigenvalue weighted by atomic mass is 15.3. The standard InChI is InChI=1S/C15H19N5/c1-4-12-11(9-19(2)18-12)15-17-13-6-5-10(8-16)7-14(13)20(15)3/h5-7,9H,4,8,16H2,1-3H3. The molecule has 3 rings (SSSR count). The Labute approximate surface area is 118 Å². The number of hydrogen-bond donors (Lipinski definition) is 1. The summed E-state index contributed by atoms with van der Waals surface area (Å²) >= 11 is 0. The molecule has 104 valence electrons. The SMILES string of the molecule is CCc1nn(C)cc1-c1nc2ccc(CN)cc2n1C. The Kier molecular flexibility index (Phi) is 3.06. The first kappa shape index (κ1) is 12.9. The topological polar surface area (TPSA) is 61.7 Å². The third-order valence-electron chi connectivity index (χ3n) is 3.66. The van der Waals surface area contributed by atoms with E-state index >= 15 is 0 Å². The van der Waals surface area contributed by atoms with Gasteiger partial charge in [-0.1, -0.05) is 13.0 Å². The van der Waals surface area contributed by atoms with Gasteiger partial charge in [-0.2, -0.15) is 5.10 Å². The molecule has 0 unspecified atom stereocenters. The van der Waals surface area contributed by atoms with Crippen LogP contribution in [0.4, 0.5) is 0 Å². The normalized spacial score (nSPS) is 11.4. The molecule has 2 heterocycles. The average molecular weight is 269 g/mol. The van der Waals surface area contributed by atoms with E-state index in [0.717, 1.165) is 40.1 Å². The zero-order valence-electron chi connectivity index (χ0n) is 12.1.